The van der Waals surface area contributed by atoms with Crippen molar-refractivity contribution in [3.63, 3.8) is 0 Å². The van der Waals surface area contributed by atoms with Crippen molar-refractivity contribution in [3.8, 4) is 10.4 Å². The molecule has 0 radical (unpaired) electrons. The fourth-order valence-electron chi connectivity index (χ4n) is 3.35. The van der Waals surface area contributed by atoms with Crippen molar-refractivity contribution in [3.05, 3.63) is 58.9 Å². The van der Waals surface area contributed by atoms with Crippen molar-refractivity contribution >= 4 is 33.7 Å². The summed E-state index contributed by atoms with van der Waals surface area (Å²) in [6.45, 7) is 2.74. The van der Waals surface area contributed by atoms with Crippen LogP contribution in [0.25, 0.3) is 10.4 Å². The fraction of sp³-hybridized carbons (Fsp3) is 0.300. The molecule has 1 fully saturated rings. The van der Waals surface area contributed by atoms with Crippen molar-refractivity contribution in [2.24, 2.45) is 5.92 Å². The second-order valence-electron chi connectivity index (χ2n) is 6.53. The molecule has 3 heterocycles. The van der Waals surface area contributed by atoms with Crippen LogP contribution in [0.2, 0.25) is 0 Å². The van der Waals surface area contributed by atoms with Crippen LogP contribution >= 0.6 is 22.7 Å². The lowest BCUT2D eigenvalue weighted by atomic mass is 9.98. The van der Waals surface area contributed by atoms with E-state index in [1.54, 1.807) is 22.7 Å². The number of hydrogen-bond donors (Lipinski definition) is 1. The smallest absolute Gasteiger partial charge is 0.251 e. The molecule has 0 bridgehead atoms. The minimum absolute atomic E-state index is 0.00843. The first kappa shape index (κ1) is 17.2. The van der Waals surface area contributed by atoms with Crippen LogP contribution in [0.1, 0.15) is 23.2 Å². The lowest BCUT2D eigenvalue weighted by Gasteiger charge is -2.32. The number of rotatable bonds is 5. The number of carbonyl (C=O) groups is 1. The predicted octanol–water partition coefficient (Wildman–Crippen LogP) is 4.52. The van der Waals surface area contributed by atoms with Crippen molar-refractivity contribution < 1.29 is 4.79 Å². The summed E-state index contributed by atoms with van der Waals surface area (Å²) in [5.74, 6) is 0.482. The summed E-state index contributed by atoms with van der Waals surface area (Å²) in [6, 6.07) is 12.0. The molecule has 1 saturated heterocycles. The Morgan fingerprint density at radius 1 is 1.19 bits per heavy atom. The molecule has 1 atom stereocenters. The highest BCUT2D eigenvalue weighted by Crippen LogP contribution is 2.26. The topological polar surface area (TPSA) is 45.2 Å². The third kappa shape index (κ3) is 3.97. The third-order valence-corrected chi connectivity index (χ3v) is 6.46. The molecule has 1 aromatic carbocycles. The summed E-state index contributed by atoms with van der Waals surface area (Å²) in [7, 11) is 0. The maximum atomic E-state index is 12.5. The Morgan fingerprint density at radius 2 is 2.08 bits per heavy atom. The summed E-state index contributed by atoms with van der Waals surface area (Å²) in [6.07, 6.45) is 4.15. The van der Waals surface area contributed by atoms with Crippen LogP contribution in [0.3, 0.4) is 0 Å². The minimum atomic E-state index is 0.00843. The van der Waals surface area contributed by atoms with Gasteiger partial charge in [-0.3, -0.25) is 4.79 Å². The molecule has 3 aromatic rings. The lowest BCUT2D eigenvalue weighted by molar-refractivity contribution is 0.0945. The first-order valence-corrected chi connectivity index (χ1v) is 10.6. The second kappa shape index (κ2) is 8.01. The molecule has 0 saturated carbocycles. The Balaban J connectivity index is 1.32. The van der Waals surface area contributed by atoms with E-state index >= 15 is 0 Å². The maximum absolute atomic E-state index is 12.5. The van der Waals surface area contributed by atoms with Gasteiger partial charge in [-0.05, 0) is 47.9 Å². The molecule has 0 unspecified atom stereocenters. The van der Waals surface area contributed by atoms with E-state index < -0.39 is 0 Å². The zero-order chi connectivity index (χ0) is 17.8. The van der Waals surface area contributed by atoms with Crippen LogP contribution in [-0.2, 0) is 0 Å². The standard InChI is InChI=1S/C20H21N3OS2/c24-19(17-7-5-16(6-8-17)18-4-2-11-25-18)22-13-15-3-1-10-23(14-15)20-21-9-12-26-20/h2,4-9,11-12,15H,1,3,10,13-14H2,(H,22,24)/t15-/m1/s1. The number of nitrogens with one attached hydrogen (secondary N) is 1. The van der Waals surface area contributed by atoms with Gasteiger partial charge in [0.25, 0.3) is 5.91 Å². The van der Waals surface area contributed by atoms with Gasteiger partial charge in [0, 0.05) is 41.7 Å². The van der Waals surface area contributed by atoms with Crippen LogP contribution in [0.4, 0.5) is 5.13 Å². The summed E-state index contributed by atoms with van der Waals surface area (Å²) in [4.78, 5) is 20.4. The van der Waals surface area contributed by atoms with Crippen molar-refractivity contribution in [1.29, 1.82) is 0 Å². The molecule has 1 aliphatic heterocycles. The third-order valence-electron chi connectivity index (χ3n) is 4.71. The predicted molar refractivity (Wildman–Crippen MR) is 109 cm³/mol. The van der Waals surface area contributed by atoms with E-state index in [4.69, 9.17) is 0 Å². The van der Waals surface area contributed by atoms with Gasteiger partial charge in [-0.15, -0.1) is 22.7 Å². The van der Waals surface area contributed by atoms with Gasteiger partial charge in [-0.1, -0.05) is 18.2 Å². The molecule has 6 heteroatoms. The maximum Gasteiger partial charge on any atom is 0.251 e. The quantitative estimate of drug-likeness (QED) is 0.705. The summed E-state index contributed by atoms with van der Waals surface area (Å²) < 4.78 is 0. The van der Waals surface area contributed by atoms with E-state index in [9.17, 15) is 4.79 Å². The zero-order valence-electron chi connectivity index (χ0n) is 14.4. The first-order chi connectivity index (χ1) is 12.8. The first-order valence-electron chi connectivity index (χ1n) is 8.86. The lowest BCUT2D eigenvalue weighted by Crippen LogP contribution is -2.41. The van der Waals surface area contributed by atoms with Crippen molar-refractivity contribution in [2.45, 2.75) is 12.8 Å². The largest absolute Gasteiger partial charge is 0.352 e. The van der Waals surface area contributed by atoms with Crippen molar-refractivity contribution in [2.75, 3.05) is 24.5 Å². The van der Waals surface area contributed by atoms with Gasteiger partial charge in [-0.2, -0.15) is 0 Å². The Kier molecular flexibility index (Phi) is 5.32. The molecular formula is C20H21N3OS2. The highest BCUT2D eigenvalue weighted by molar-refractivity contribution is 7.13. The molecule has 26 heavy (non-hydrogen) atoms. The number of benzene rings is 1. The SMILES string of the molecule is O=C(NC[C@H]1CCCN(c2nccs2)C1)c1ccc(-c2cccs2)cc1. The molecule has 4 nitrogen and oxygen atoms in total. The summed E-state index contributed by atoms with van der Waals surface area (Å²) in [5.41, 5.74) is 1.88. The number of anilines is 1. The summed E-state index contributed by atoms with van der Waals surface area (Å²) in [5, 5.41) is 8.28. The number of hydrogen-bond acceptors (Lipinski definition) is 5. The molecule has 1 N–H and O–H groups in total. The Bertz CT molecular complexity index is 829. The van der Waals surface area contributed by atoms with Crippen molar-refractivity contribution in [1.82, 2.24) is 10.3 Å². The van der Waals surface area contributed by atoms with Crippen LogP contribution in [0.15, 0.2) is 53.4 Å². The Hall–Kier alpha value is -2.18. The fourth-order valence-corrected chi connectivity index (χ4v) is 4.76. The molecular weight excluding hydrogens is 362 g/mol. The molecule has 134 valence electrons. The van der Waals surface area contributed by atoms with Gasteiger partial charge in [-0.25, -0.2) is 4.98 Å². The van der Waals surface area contributed by atoms with Gasteiger partial charge in [0.05, 0.1) is 0 Å². The molecule has 2 aromatic heterocycles. The normalized spacial score (nSPS) is 17.2. The van der Waals surface area contributed by atoms with Crippen LogP contribution in [0, 0.1) is 5.92 Å². The van der Waals surface area contributed by atoms with Gasteiger partial charge in [0.15, 0.2) is 5.13 Å². The van der Waals surface area contributed by atoms with E-state index in [0.29, 0.717) is 12.5 Å². The van der Waals surface area contributed by atoms with Gasteiger partial charge in [0.2, 0.25) is 0 Å². The molecule has 0 aliphatic carbocycles. The van der Waals surface area contributed by atoms with Gasteiger partial charge >= 0.3 is 0 Å². The molecule has 4 rings (SSSR count). The average molecular weight is 384 g/mol. The van der Waals surface area contributed by atoms with E-state index in [1.807, 2.05) is 41.9 Å². The number of nitrogens with zero attached hydrogens (tertiary/aromatic N) is 2. The van der Waals surface area contributed by atoms with E-state index in [0.717, 1.165) is 42.2 Å². The van der Waals surface area contributed by atoms with E-state index in [1.165, 1.54) is 4.88 Å². The van der Waals surface area contributed by atoms with Gasteiger partial charge in [0.1, 0.15) is 0 Å². The number of amides is 1. The number of aromatic nitrogens is 1. The van der Waals surface area contributed by atoms with E-state index in [-0.39, 0.29) is 5.91 Å². The van der Waals surface area contributed by atoms with Crippen LogP contribution in [0.5, 0.6) is 0 Å². The number of piperidine rings is 1. The number of carbonyl (C=O) groups excluding carboxylic acids is 1. The Labute approximate surface area is 161 Å². The number of thiophene rings is 1. The second-order valence-corrected chi connectivity index (χ2v) is 8.35. The van der Waals surface area contributed by atoms with E-state index in [2.05, 4.69) is 26.6 Å². The zero-order valence-corrected chi connectivity index (χ0v) is 16.1. The average Bonchev–Trinajstić information content (AvgIpc) is 3.40. The monoisotopic (exact) mass is 383 g/mol. The summed E-state index contributed by atoms with van der Waals surface area (Å²) >= 11 is 3.39. The number of thiazole rings is 1. The molecule has 1 aliphatic rings. The highest BCUT2D eigenvalue weighted by Gasteiger charge is 2.22. The van der Waals surface area contributed by atoms with Crippen LogP contribution in [-0.4, -0.2) is 30.5 Å². The highest BCUT2D eigenvalue weighted by atomic mass is 32.1. The molecule has 1 amide bonds. The van der Waals surface area contributed by atoms with Gasteiger partial charge < -0.3 is 10.2 Å². The Morgan fingerprint density at radius 3 is 2.81 bits per heavy atom. The molecule has 0 spiro atoms. The minimum Gasteiger partial charge on any atom is -0.352 e. The van der Waals surface area contributed by atoms with Crippen LogP contribution < -0.4 is 10.2 Å².